The first-order chi connectivity index (χ1) is 8.04. The van der Waals surface area contributed by atoms with Crippen LogP contribution in [-0.4, -0.2) is 19.1 Å². The van der Waals surface area contributed by atoms with Crippen molar-refractivity contribution in [1.29, 1.82) is 0 Å². The molecule has 0 aromatic heterocycles. The average molecular weight is 301 g/mol. The Morgan fingerprint density at radius 2 is 2.18 bits per heavy atom. The predicted molar refractivity (Wildman–Crippen MR) is 67.3 cm³/mol. The van der Waals surface area contributed by atoms with Gasteiger partial charge < -0.3 is 20.9 Å². The van der Waals surface area contributed by atoms with Crippen LogP contribution in [0, 0.1) is 0 Å². The standard InChI is InChI=1S/C11H13BrN2O3/c1-16-7-4-6(11(14)15)9(13)10(8(7)12)17-5-2-3-5/h4-5H,2-3,13H2,1H3,(H2,14,15). The Kier molecular flexibility index (Phi) is 3.15. The Labute approximate surface area is 107 Å². The summed E-state index contributed by atoms with van der Waals surface area (Å²) in [6.07, 6.45) is 2.16. The summed E-state index contributed by atoms with van der Waals surface area (Å²) in [7, 11) is 1.50. The van der Waals surface area contributed by atoms with E-state index in [0.29, 0.717) is 16.0 Å². The lowest BCUT2D eigenvalue weighted by molar-refractivity contribution is 0.100. The highest BCUT2D eigenvalue weighted by atomic mass is 79.9. The van der Waals surface area contributed by atoms with Gasteiger partial charge in [-0.05, 0) is 34.8 Å². The molecule has 1 amide bonds. The molecule has 1 fully saturated rings. The molecule has 92 valence electrons. The van der Waals surface area contributed by atoms with Crippen molar-refractivity contribution in [2.24, 2.45) is 5.73 Å². The predicted octanol–water partition coefficient (Wildman–Crippen LogP) is 1.68. The summed E-state index contributed by atoms with van der Waals surface area (Å²) in [5.41, 5.74) is 11.6. The summed E-state index contributed by atoms with van der Waals surface area (Å²) in [6, 6.07) is 1.50. The largest absolute Gasteiger partial charge is 0.495 e. The van der Waals surface area contributed by atoms with E-state index in [4.69, 9.17) is 20.9 Å². The van der Waals surface area contributed by atoms with Crippen LogP contribution in [0.3, 0.4) is 0 Å². The molecule has 1 aliphatic carbocycles. The van der Waals surface area contributed by atoms with Gasteiger partial charge in [-0.25, -0.2) is 0 Å². The number of methoxy groups -OCH3 is 1. The Morgan fingerprint density at radius 3 is 2.65 bits per heavy atom. The fourth-order valence-electron chi connectivity index (χ4n) is 1.44. The van der Waals surface area contributed by atoms with Crippen molar-refractivity contribution < 1.29 is 14.3 Å². The monoisotopic (exact) mass is 300 g/mol. The number of hydrogen-bond donors (Lipinski definition) is 2. The number of ether oxygens (including phenoxy) is 2. The normalized spacial score (nSPS) is 14.5. The van der Waals surface area contributed by atoms with E-state index in [0.717, 1.165) is 12.8 Å². The Hall–Kier alpha value is -1.43. The molecule has 0 bridgehead atoms. The van der Waals surface area contributed by atoms with Crippen LogP contribution in [0.4, 0.5) is 5.69 Å². The van der Waals surface area contributed by atoms with E-state index in [1.807, 2.05) is 0 Å². The van der Waals surface area contributed by atoms with Crippen LogP contribution in [0.2, 0.25) is 0 Å². The van der Waals surface area contributed by atoms with Crippen LogP contribution >= 0.6 is 15.9 Å². The second-order valence-corrected chi connectivity index (χ2v) is 4.66. The third kappa shape index (κ3) is 2.31. The summed E-state index contributed by atoms with van der Waals surface area (Å²) >= 11 is 3.35. The third-order valence-corrected chi connectivity index (χ3v) is 3.27. The van der Waals surface area contributed by atoms with Crippen molar-refractivity contribution in [2.75, 3.05) is 12.8 Å². The minimum absolute atomic E-state index is 0.168. The molecule has 17 heavy (non-hydrogen) atoms. The molecule has 5 nitrogen and oxygen atoms in total. The highest BCUT2D eigenvalue weighted by Gasteiger charge is 2.28. The zero-order chi connectivity index (χ0) is 12.6. The van der Waals surface area contributed by atoms with Gasteiger partial charge in [0.15, 0.2) is 5.75 Å². The maximum Gasteiger partial charge on any atom is 0.251 e. The number of rotatable bonds is 4. The molecule has 1 aromatic carbocycles. The number of nitrogens with two attached hydrogens (primary N) is 2. The lowest BCUT2D eigenvalue weighted by Gasteiger charge is -2.15. The molecule has 4 N–H and O–H groups in total. The van der Waals surface area contributed by atoms with Crippen LogP contribution in [-0.2, 0) is 0 Å². The van der Waals surface area contributed by atoms with Gasteiger partial charge in [0.1, 0.15) is 10.2 Å². The fraction of sp³-hybridized carbons (Fsp3) is 0.364. The summed E-state index contributed by atoms with van der Waals surface area (Å²) in [4.78, 5) is 11.3. The first-order valence-corrected chi connectivity index (χ1v) is 5.96. The number of nitrogen functional groups attached to an aromatic ring is 1. The zero-order valence-electron chi connectivity index (χ0n) is 9.33. The lowest BCUT2D eigenvalue weighted by Crippen LogP contribution is -2.15. The fourth-order valence-corrected chi connectivity index (χ4v) is 2.03. The molecule has 0 radical (unpaired) electrons. The summed E-state index contributed by atoms with van der Waals surface area (Å²) < 4.78 is 11.4. The highest BCUT2D eigenvalue weighted by Crippen LogP contribution is 2.43. The molecule has 0 aliphatic heterocycles. The van der Waals surface area contributed by atoms with Crippen molar-refractivity contribution in [3.8, 4) is 11.5 Å². The first-order valence-electron chi connectivity index (χ1n) is 5.17. The molecule has 1 aliphatic rings. The zero-order valence-corrected chi connectivity index (χ0v) is 10.9. The molecule has 0 spiro atoms. The van der Waals surface area contributed by atoms with Gasteiger partial charge in [-0.2, -0.15) is 0 Å². The minimum atomic E-state index is -0.603. The van der Waals surface area contributed by atoms with E-state index >= 15 is 0 Å². The van der Waals surface area contributed by atoms with Crippen LogP contribution in [0.5, 0.6) is 11.5 Å². The third-order valence-electron chi connectivity index (χ3n) is 2.52. The number of carbonyl (C=O) groups excluding carboxylic acids is 1. The molecule has 0 heterocycles. The smallest absolute Gasteiger partial charge is 0.251 e. The van der Waals surface area contributed by atoms with E-state index in [9.17, 15) is 4.79 Å². The molecule has 1 aromatic rings. The molecule has 0 saturated heterocycles. The van der Waals surface area contributed by atoms with Gasteiger partial charge in [-0.1, -0.05) is 0 Å². The van der Waals surface area contributed by atoms with Gasteiger partial charge >= 0.3 is 0 Å². The quantitative estimate of drug-likeness (QED) is 0.828. The van der Waals surface area contributed by atoms with E-state index in [1.54, 1.807) is 0 Å². The number of halogens is 1. The van der Waals surface area contributed by atoms with E-state index in [1.165, 1.54) is 13.2 Å². The Balaban J connectivity index is 2.52. The van der Waals surface area contributed by atoms with Crippen molar-refractivity contribution in [2.45, 2.75) is 18.9 Å². The number of amides is 1. The van der Waals surface area contributed by atoms with Crippen LogP contribution in [0.15, 0.2) is 10.5 Å². The van der Waals surface area contributed by atoms with Gasteiger partial charge in [0.25, 0.3) is 5.91 Å². The van der Waals surface area contributed by atoms with Gasteiger partial charge in [0.2, 0.25) is 0 Å². The first kappa shape index (κ1) is 12.0. The number of primary amides is 1. The summed E-state index contributed by atoms with van der Waals surface area (Å²) in [5.74, 6) is 0.304. The number of benzene rings is 1. The number of anilines is 1. The van der Waals surface area contributed by atoms with Gasteiger partial charge in [0, 0.05) is 0 Å². The maximum absolute atomic E-state index is 11.3. The molecule has 0 atom stereocenters. The van der Waals surface area contributed by atoms with E-state index in [2.05, 4.69) is 15.9 Å². The van der Waals surface area contributed by atoms with E-state index < -0.39 is 5.91 Å². The van der Waals surface area contributed by atoms with Crippen LogP contribution in [0.1, 0.15) is 23.2 Å². The number of carbonyl (C=O) groups is 1. The minimum Gasteiger partial charge on any atom is -0.495 e. The molecule has 0 unspecified atom stereocenters. The van der Waals surface area contributed by atoms with Crippen molar-refractivity contribution >= 4 is 27.5 Å². The van der Waals surface area contributed by atoms with Crippen LogP contribution < -0.4 is 20.9 Å². The van der Waals surface area contributed by atoms with E-state index in [-0.39, 0.29) is 17.4 Å². The molecule has 1 saturated carbocycles. The molecular weight excluding hydrogens is 288 g/mol. The SMILES string of the molecule is COc1cc(C(N)=O)c(N)c(OC2CC2)c1Br. The highest BCUT2D eigenvalue weighted by molar-refractivity contribution is 9.10. The topological polar surface area (TPSA) is 87.6 Å². The molecule has 2 rings (SSSR count). The summed E-state index contributed by atoms with van der Waals surface area (Å²) in [6.45, 7) is 0. The Morgan fingerprint density at radius 1 is 1.53 bits per heavy atom. The van der Waals surface area contributed by atoms with Crippen molar-refractivity contribution in [3.05, 3.63) is 16.1 Å². The molecular formula is C11H13BrN2O3. The van der Waals surface area contributed by atoms with Gasteiger partial charge in [0.05, 0.1) is 24.5 Å². The maximum atomic E-state index is 11.3. The lowest BCUT2D eigenvalue weighted by atomic mass is 10.1. The number of hydrogen-bond acceptors (Lipinski definition) is 4. The second-order valence-electron chi connectivity index (χ2n) is 3.86. The van der Waals surface area contributed by atoms with Gasteiger partial charge in [-0.15, -0.1) is 0 Å². The molecule has 6 heteroatoms. The van der Waals surface area contributed by atoms with Crippen molar-refractivity contribution in [1.82, 2.24) is 0 Å². The average Bonchev–Trinajstić information content (AvgIpc) is 3.08. The van der Waals surface area contributed by atoms with Crippen molar-refractivity contribution in [3.63, 3.8) is 0 Å². The van der Waals surface area contributed by atoms with Crippen LogP contribution in [0.25, 0.3) is 0 Å². The summed E-state index contributed by atoms with van der Waals surface area (Å²) in [5, 5.41) is 0. The van der Waals surface area contributed by atoms with Gasteiger partial charge in [-0.3, -0.25) is 4.79 Å². The second kappa shape index (κ2) is 4.44. The Bertz CT molecular complexity index is 472.